The first-order chi connectivity index (χ1) is 14.9. The van der Waals surface area contributed by atoms with Gasteiger partial charge in [0.05, 0.1) is 24.6 Å². The predicted octanol–water partition coefficient (Wildman–Crippen LogP) is 0.805. The molecule has 2 fully saturated rings. The fraction of sp³-hybridized carbons (Fsp3) is 0.545. The van der Waals surface area contributed by atoms with E-state index in [-0.39, 0.29) is 35.8 Å². The van der Waals surface area contributed by atoms with Crippen LogP contribution in [0.2, 0.25) is 0 Å². The first kappa shape index (κ1) is 21.1. The maximum absolute atomic E-state index is 12.9. The lowest BCUT2D eigenvalue weighted by Crippen LogP contribution is -2.52. The van der Waals surface area contributed by atoms with Crippen LogP contribution in [0.15, 0.2) is 27.8 Å². The Bertz CT molecular complexity index is 1110. The van der Waals surface area contributed by atoms with Crippen molar-refractivity contribution in [2.45, 2.75) is 32.2 Å². The quantitative estimate of drug-likeness (QED) is 0.776. The standard InChI is InChI=1S/C22H28N4O5/c1-24-9-10-25(13-19(24)27)20(28)15-5-3-14(4-6-15)12-26-21(29)17-11-16(31-2)7-8-18(17)23-22(26)30/h7-8,11,14-15H,3-6,9-10,12-13H2,1-2H3,(H,23,30). The molecule has 1 aliphatic heterocycles. The molecule has 1 saturated carbocycles. The minimum atomic E-state index is -0.420. The van der Waals surface area contributed by atoms with Crippen molar-refractivity contribution in [2.24, 2.45) is 11.8 Å². The zero-order valence-electron chi connectivity index (χ0n) is 17.9. The molecule has 166 valence electrons. The summed E-state index contributed by atoms with van der Waals surface area (Å²) in [6.07, 6.45) is 2.94. The zero-order valence-corrected chi connectivity index (χ0v) is 17.9. The molecule has 1 saturated heterocycles. The van der Waals surface area contributed by atoms with Crippen LogP contribution in [-0.2, 0) is 16.1 Å². The first-order valence-corrected chi connectivity index (χ1v) is 10.7. The molecule has 0 bridgehead atoms. The van der Waals surface area contributed by atoms with Crippen LogP contribution in [0.5, 0.6) is 5.75 Å². The molecule has 0 atom stereocenters. The molecule has 0 unspecified atom stereocenters. The van der Waals surface area contributed by atoms with E-state index in [1.165, 1.54) is 11.7 Å². The monoisotopic (exact) mass is 428 g/mol. The molecule has 2 aromatic rings. The number of aromatic nitrogens is 2. The number of likely N-dealkylation sites (N-methyl/N-ethyl adjacent to an activating group) is 1. The third-order valence-electron chi connectivity index (χ3n) is 6.59. The fourth-order valence-corrected chi connectivity index (χ4v) is 4.58. The number of methoxy groups -OCH3 is 1. The average Bonchev–Trinajstić information content (AvgIpc) is 2.78. The van der Waals surface area contributed by atoms with E-state index in [1.807, 2.05) is 0 Å². The maximum atomic E-state index is 12.9. The van der Waals surface area contributed by atoms with Crippen LogP contribution in [0, 0.1) is 11.8 Å². The van der Waals surface area contributed by atoms with Crippen molar-refractivity contribution >= 4 is 22.7 Å². The number of fused-ring (bicyclic) bond motifs is 1. The lowest BCUT2D eigenvalue weighted by atomic mass is 9.81. The number of nitrogens with one attached hydrogen (secondary N) is 1. The van der Waals surface area contributed by atoms with E-state index in [2.05, 4.69) is 4.98 Å². The largest absolute Gasteiger partial charge is 0.497 e. The Balaban J connectivity index is 1.43. The summed E-state index contributed by atoms with van der Waals surface area (Å²) in [4.78, 5) is 56.2. The summed E-state index contributed by atoms with van der Waals surface area (Å²) in [6, 6.07) is 5.01. The number of ether oxygens (including phenoxy) is 1. The van der Waals surface area contributed by atoms with E-state index in [0.717, 1.165) is 12.8 Å². The van der Waals surface area contributed by atoms with Crippen LogP contribution >= 0.6 is 0 Å². The van der Waals surface area contributed by atoms with E-state index < -0.39 is 5.69 Å². The van der Waals surface area contributed by atoms with Crippen LogP contribution in [0.25, 0.3) is 10.9 Å². The van der Waals surface area contributed by atoms with E-state index in [1.54, 1.807) is 35.0 Å². The molecule has 0 spiro atoms. The molecular weight excluding hydrogens is 400 g/mol. The number of piperazine rings is 1. The number of amides is 2. The lowest BCUT2D eigenvalue weighted by Gasteiger charge is -2.36. The van der Waals surface area contributed by atoms with Gasteiger partial charge in [-0.3, -0.25) is 19.0 Å². The van der Waals surface area contributed by atoms with E-state index in [4.69, 9.17) is 4.74 Å². The van der Waals surface area contributed by atoms with Crippen LogP contribution < -0.4 is 16.0 Å². The molecule has 4 rings (SSSR count). The van der Waals surface area contributed by atoms with Gasteiger partial charge < -0.3 is 19.5 Å². The number of nitrogens with zero attached hydrogens (tertiary/aromatic N) is 3. The molecule has 1 aromatic heterocycles. The predicted molar refractivity (Wildman–Crippen MR) is 115 cm³/mol. The van der Waals surface area contributed by atoms with Crippen molar-refractivity contribution in [1.82, 2.24) is 19.4 Å². The van der Waals surface area contributed by atoms with Crippen molar-refractivity contribution in [2.75, 3.05) is 33.8 Å². The Hall–Kier alpha value is -3.10. The molecule has 0 radical (unpaired) electrons. The van der Waals surface area contributed by atoms with Gasteiger partial charge in [-0.05, 0) is 49.8 Å². The maximum Gasteiger partial charge on any atom is 0.328 e. The number of H-pyrrole nitrogens is 1. The molecule has 1 N–H and O–H groups in total. The number of rotatable bonds is 4. The number of hydrogen-bond donors (Lipinski definition) is 1. The molecule has 1 aliphatic carbocycles. The molecular formula is C22H28N4O5. The Morgan fingerprint density at radius 3 is 2.55 bits per heavy atom. The van der Waals surface area contributed by atoms with Crippen molar-refractivity contribution in [1.29, 1.82) is 0 Å². The van der Waals surface area contributed by atoms with Crippen molar-refractivity contribution in [3.8, 4) is 5.75 Å². The first-order valence-electron chi connectivity index (χ1n) is 10.7. The Kier molecular flexibility index (Phi) is 5.84. The SMILES string of the molecule is COc1ccc2[nH]c(=O)n(CC3CCC(C(=O)N4CCN(C)C(=O)C4)CC3)c(=O)c2c1. The fourth-order valence-electron chi connectivity index (χ4n) is 4.58. The highest BCUT2D eigenvalue weighted by molar-refractivity contribution is 5.87. The topological polar surface area (TPSA) is 105 Å². The molecule has 9 heteroatoms. The highest BCUT2D eigenvalue weighted by Gasteiger charge is 2.33. The van der Waals surface area contributed by atoms with Gasteiger partial charge in [0.2, 0.25) is 11.8 Å². The van der Waals surface area contributed by atoms with Crippen molar-refractivity contribution < 1.29 is 14.3 Å². The molecule has 1 aromatic carbocycles. The van der Waals surface area contributed by atoms with Crippen molar-refractivity contribution in [3.05, 3.63) is 39.0 Å². The second-order valence-corrected chi connectivity index (χ2v) is 8.55. The van der Waals surface area contributed by atoms with Gasteiger partial charge in [-0.1, -0.05) is 0 Å². The smallest absolute Gasteiger partial charge is 0.328 e. The molecule has 2 aliphatic rings. The van der Waals surface area contributed by atoms with Gasteiger partial charge in [0.15, 0.2) is 0 Å². The summed E-state index contributed by atoms with van der Waals surface area (Å²) < 4.78 is 6.45. The van der Waals surface area contributed by atoms with Gasteiger partial charge in [0, 0.05) is 32.6 Å². The highest BCUT2D eigenvalue weighted by Crippen LogP contribution is 2.31. The van der Waals surface area contributed by atoms with Gasteiger partial charge in [0.25, 0.3) is 5.56 Å². The summed E-state index contributed by atoms with van der Waals surface area (Å²) in [6.45, 7) is 1.63. The molecule has 2 heterocycles. The highest BCUT2D eigenvalue weighted by atomic mass is 16.5. The summed E-state index contributed by atoms with van der Waals surface area (Å²) in [5, 5.41) is 0.419. The molecule has 9 nitrogen and oxygen atoms in total. The number of aromatic amines is 1. The summed E-state index contributed by atoms with van der Waals surface area (Å²) in [7, 11) is 3.28. The van der Waals surface area contributed by atoms with Gasteiger partial charge in [0.1, 0.15) is 5.75 Å². The number of benzene rings is 1. The summed E-state index contributed by atoms with van der Waals surface area (Å²) in [5.41, 5.74) is -0.258. The average molecular weight is 428 g/mol. The van der Waals surface area contributed by atoms with Crippen LogP contribution in [0.1, 0.15) is 25.7 Å². The molecule has 31 heavy (non-hydrogen) atoms. The third-order valence-corrected chi connectivity index (χ3v) is 6.59. The number of hydrogen-bond acceptors (Lipinski definition) is 5. The second-order valence-electron chi connectivity index (χ2n) is 8.55. The normalized spacial score (nSPS) is 22.1. The van der Waals surface area contributed by atoms with Crippen molar-refractivity contribution in [3.63, 3.8) is 0 Å². The lowest BCUT2D eigenvalue weighted by molar-refractivity contribution is -0.147. The van der Waals surface area contributed by atoms with Gasteiger partial charge >= 0.3 is 5.69 Å². The summed E-state index contributed by atoms with van der Waals surface area (Å²) in [5.74, 6) is 0.639. The van der Waals surface area contributed by atoms with E-state index in [0.29, 0.717) is 49.1 Å². The number of carbonyl (C=O) groups is 2. The molecule has 2 amide bonds. The van der Waals surface area contributed by atoms with E-state index in [9.17, 15) is 19.2 Å². The van der Waals surface area contributed by atoms with Gasteiger partial charge in [-0.15, -0.1) is 0 Å². The Morgan fingerprint density at radius 1 is 1.13 bits per heavy atom. The minimum Gasteiger partial charge on any atom is -0.497 e. The minimum absolute atomic E-state index is 0.0279. The van der Waals surface area contributed by atoms with Crippen LogP contribution in [-0.4, -0.2) is 65.0 Å². The Labute approximate surface area is 179 Å². The van der Waals surface area contributed by atoms with Crippen LogP contribution in [0.3, 0.4) is 0 Å². The third kappa shape index (κ3) is 4.22. The second kappa shape index (κ2) is 8.56. The zero-order chi connectivity index (χ0) is 22.1. The van der Waals surface area contributed by atoms with Gasteiger partial charge in [-0.2, -0.15) is 0 Å². The van der Waals surface area contributed by atoms with E-state index >= 15 is 0 Å². The van der Waals surface area contributed by atoms with Crippen LogP contribution in [0.4, 0.5) is 0 Å². The number of carbonyl (C=O) groups excluding carboxylic acids is 2. The van der Waals surface area contributed by atoms with Gasteiger partial charge in [-0.25, -0.2) is 4.79 Å². The Morgan fingerprint density at radius 2 is 1.87 bits per heavy atom. The summed E-state index contributed by atoms with van der Waals surface area (Å²) >= 11 is 0.